The molecule has 4 heteroatoms. The summed E-state index contributed by atoms with van der Waals surface area (Å²) in [7, 11) is 0. The van der Waals surface area contributed by atoms with Crippen molar-refractivity contribution >= 4 is 6.29 Å². The zero-order valence-electron chi connectivity index (χ0n) is 8.60. The number of nitrogens with zero attached hydrogens (tertiary/aromatic N) is 3. The third kappa shape index (κ3) is 1.46. The van der Waals surface area contributed by atoms with E-state index >= 15 is 0 Å². The summed E-state index contributed by atoms with van der Waals surface area (Å²) < 4.78 is 1.93. The summed E-state index contributed by atoms with van der Waals surface area (Å²) in [4.78, 5) is 13.1. The van der Waals surface area contributed by atoms with Crippen LogP contribution in [-0.4, -0.2) is 33.6 Å². The summed E-state index contributed by atoms with van der Waals surface area (Å²) in [5.74, 6) is 0. The van der Waals surface area contributed by atoms with Crippen molar-refractivity contribution in [3.63, 3.8) is 0 Å². The molecule has 0 spiro atoms. The van der Waals surface area contributed by atoms with Gasteiger partial charge in [0.15, 0.2) is 6.29 Å². The summed E-state index contributed by atoms with van der Waals surface area (Å²) in [5.41, 5.74) is 1.79. The number of carbonyl (C=O) groups excluding carboxylic acids is 1. The molecular weight excluding hydrogens is 178 g/mol. The van der Waals surface area contributed by atoms with Crippen LogP contribution >= 0.6 is 0 Å². The summed E-state index contributed by atoms with van der Waals surface area (Å²) in [6.07, 6.45) is 2.55. The van der Waals surface area contributed by atoms with Gasteiger partial charge in [0.05, 0.1) is 24.0 Å². The molecule has 0 saturated heterocycles. The minimum Gasteiger partial charge on any atom is -0.298 e. The Morgan fingerprint density at radius 3 is 2.93 bits per heavy atom. The molecule has 2 rings (SSSR count). The highest BCUT2D eigenvalue weighted by Crippen LogP contribution is 2.16. The van der Waals surface area contributed by atoms with Gasteiger partial charge in [-0.25, -0.2) is 0 Å². The molecule has 1 aliphatic heterocycles. The Morgan fingerprint density at radius 1 is 1.50 bits per heavy atom. The van der Waals surface area contributed by atoms with Gasteiger partial charge >= 0.3 is 0 Å². The van der Waals surface area contributed by atoms with E-state index in [-0.39, 0.29) is 0 Å². The first-order valence-electron chi connectivity index (χ1n) is 4.96. The Kier molecular flexibility index (Phi) is 2.37. The second-order valence-corrected chi connectivity index (χ2v) is 3.95. The van der Waals surface area contributed by atoms with Crippen molar-refractivity contribution in [3.05, 3.63) is 17.5 Å². The fourth-order valence-electron chi connectivity index (χ4n) is 1.82. The van der Waals surface area contributed by atoms with Gasteiger partial charge in [0, 0.05) is 19.1 Å². The van der Waals surface area contributed by atoms with Gasteiger partial charge in [-0.1, -0.05) is 0 Å². The molecule has 76 valence electrons. The van der Waals surface area contributed by atoms with Crippen molar-refractivity contribution in [2.75, 3.05) is 6.54 Å². The highest BCUT2D eigenvalue weighted by atomic mass is 16.1. The van der Waals surface area contributed by atoms with Crippen molar-refractivity contribution in [3.8, 4) is 0 Å². The minimum absolute atomic E-state index is 0.526. The van der Waals surface area contributed by atoms with Crippen LogP contribution in [0.25, 0.3) is 0 Å². The van der Waals surface area contributed by atoms with Crippen molar-refractivity contribution in [1.82, 2.24) is 14.7 Å². The van der Waals surface area contributed by atoms with Crippen molar-refractivity contribution in [1.29, 1.82) is 0 Å². The Labute approximate surface area is 83.5 Å². The number of rotatable bonds is 2. The maximum atomic E-state index is 10.7. The standard InChI is InChI=1S/C10H15N3O/c1-8(2)12-3-4-13-10(6-12)9(7-14)5-11-13/h5,7-8H,3-4,6H2,1-2H3. The largest absolute Gasteiger partial charge is 0.298 e. The first kappa shape index (κ1) is 9.40. The molecule has 0 saturated carbocycles. The monoisotopic (exact) mass is 193 g/mol. The van der Waals surface area contributed by atoms with E-state index in [9.17, 15) is 4.79 Å². The number of hydrogen-bond acceptors (Lipinski definition) is 3. The van der Waals surface area contributed by atoms with Crippen LogP contribution in [0.3, 0.4) is 0 Å². The van der Waals surface area contributed by atoms with E-state index in [0.29, 0.717) is 6.04 Å². The molecule has 1 aromatic rings. The van der Waals surface area contributed by atoms with Gasteiger partial charge in [-0.3, -0.25) is 14.4 Å². The Bertz CT molecular complexity index is 343. The maximum Gasteiger partial charge on any atom is 0.153 e. The molecule has 0 amide bonds. The van der Waals surface area contributed by atoms with Crippen LogP contribution in [0.2, 0.25) is 0 Å². The van der Waals surface area contributed by atoms with E-state index in [1.165, 1.54) is 0 Å². The molecule has 0 aromatic carbocycles. The quantitative estimate of drug-likeness (QED) is 0.655. The normalized spacial score (nSPS) is 17.1. The summed E-state index contributed by atoms with van der Waals surface area (Å²) >= 11 is 0. The third-order valence-corrected chi connectivity index (χ3v) is 2.79. The van der Waals surface area contributed by atoms with Crippen LogP contribution in [0.1, 0.15) is 29.9 Å². The van der Waals surface area contributed by atoms with Crippen LogP contribution in [-0.2, 0) is 13.1 Å². The maximum absolute atomic E-state index is 10.7. The minimum atomic E-state index is 0.526. The van der Waals surface area contributed by atoms with Crippen LogP contribution in [0.15, 0.2) is 6.20 Å². The fourth-order valence-corrected chi connectivity index (χ4v) is 1.82. The molecule has 1 aliphatic rings. The summed E-state index contributed by atoms with van der Waals surface area (Å²) in [6.45, 7) is 7.09. The van der Waals surface area contributed by atoms with Crippen molar-refractivity contribution in [2.24, 2.45) is 0 Å². The molecule has 0 aliphatic carbocycles. The predicted molar refractivity (Wildman–Crippen MR) is 53.2 cm³/mol. The topological polar surface area (TPSA) is 38.1 Å². The molecule has 0 bridgehead atoms. The van der Waals surface area contributed by atoms with E-state index in [0.717, 1.165) is 37.2 Å². The zero-order chi connectivity index (χ0) is 10.1. The van der Waals surface area contributed by atoms with Crippen LogP contribution in [0.5, 0.6) is 0 Å². The van der Waals surface area contributed by atoms with E-state index in [1.54, 1.807) is 6.20 Å². The number of carbonyl (C=O) groups is 1. The van der Waals surface area contributed by atoms with Crippen LogP contribution < -0.4 is 0 Å². The SMILES string of the molecule is CC(C)N1CCn2ncc(C=O)c2C1. The first-order chi connectivity index (χ1) is 6.72. The zero-order valence-corrected chi connectivity index (χ0v) is 8.60. The second-order valence-electron chi connectivity index (χ2n) is 3.95. The summed E-state index contributed by atoms with van der Waals surface area (Å²) in [6, 6.07) is 0.526. The lowest BCUT2D eigenvalue weighted by atomic mass is 10.2. The van der Waals surface area contributed by atoms with E-state index in [2.05, 4.69) is 23.8 Å². The molecule has 0 fully saturated rings. The number of aldehydes is 1. The fraction of sp³-hybridized carbons (Fsp3) is 0.600. The lowest BCUT2D eigenvalue weighted by Gasteiger charge is -2.31. The lowest BCUT2D eigenvalue weighted by molar-refractivity contribution is 0.111. The van der Waals surface area contributed by atoms with Crippen LogP contribution in [0.4, 0.5) is 0 Å². The van der Waals surface area contributed by atoms with Crippen LogP contribution in [0, 0.1) is 0 Å². The van der Waals surface area contributed by atoms with Gasteiger partial charge in [0.1, 0.15) is 0 Å². The highest BCUT2D eigenvalue weighted by molar-refractivity contribution is 5.76. The second kappa shape index (κ2) is 3.53. The molecule has 1 aromatic heterocycles. The molecule has 4 nitrogen and oxygen atoms in total. The van der Waals surface area contributed by atoms with E-state index in [1.807, 2.05) is 4.68 Å². The molecule has 0 radical (unpaired) electrons. The lowest BCUT2D eigenvalue weighted by Crippen LogP contribution is -2.38. The van der Waals surface area contributed by atoms with E-state index in [4.69, 9.17) is 0 Å². The van der Waals surface area contributed by atoms with Gasteiger partial charge in [-0.15, -0.1) is 0 Å². The Balaban J connectivity index is 2.27. The molecule has 14 heavy (non-hydrogen) atoms. The van der Waals surface area contributed by atoms with Gasteiger partial charge in [0.2, 0.25) is 0 Å². The third-order valence-electron chi connectivity index (χ3n) is 2.79. The molecule has 0 unspecified atom stereocenters. The molecular formula is C10H15N3O. The van der Waals surface area contributed by atoms with Gasteiger partial charge < -0.3 is 0 Å². The highest BCUT2D eigenvalue weighted by Gasteiger charge is 2.21. The predicted octanol–water partition coefficient (Wildman–Crippen LogP) is 0.920. The van der Waals surface area contributed by atoms with Crippen molar-refractivity contribution < 1.29 is 4.79 Å². The molecule has 0 N–H and O–H groups in total. The van der Waals surface area contributed by atoms with Gasteiger partial charge in [0.25, 0.3) is 0 Å². The Morgan fingerprint density at radius 2 is 2.29 bits per heavy atom. The number of fused-ring (bicyclic) bond motifs is 1. The van der Waals surface area contributed by atoms with E-state index < -0.39 is 0 Å². The number of hydrogen-bond donors (Lipinski definition) is 0. The molecule has 2 heterocycles. The Hall–Kier alpha value is -1.16. The smallest absolute Gasteiger partial charge is 0.153 e. The van der Waals surface area contributed by atoms with Gasteiger partial charge in [-0.05, 0) is 13.8 Å². The molecule has 0 atom stereocenters. The average molecular weight is 193 g/mol. The first-order valence-corrected chi connectivity index (χ1v) is 4.96. The van der Waals surface area contributed by atoms with Crippen molar-refractivity contribution in [2.45, 2.75) is 33.0 Å². The number of aromatic nitrogens is 2. The summed E-state index contributed by atoms with van der Waals surface area (Å²) in [5, 5.41) is 4.18. The van der Waals surface area contributed by atoms with Gasteiger partial charge in [-0.2, -0.15) is 5.10 Å². The average Bonchev–Trinajstić information content (AvgIpc) is 2.59.